The van der Waals surface area contributed by atoms with Gasteiger partial charge in [0.1, 0.15) is 35.2 Å². The third-order valence-electron chi connectivity index (χ3n) is 4.62. The number of aldehydes is 1. The van der Waals surface area contributed by atoms with Crippen LogP contribution >= 0.6 is 0 Å². The number of methoxy groups -OCH3 is 3. The average molecular weight is 462 g/mol. The smallest absolute Gasteiger partial charge is 0.188 e. The molecule has 0 aliphatic heterocycles. The van der Waals surface area contributed by atoms with Gasteiger partial charge in [-0.2, -0.15) is 0 Å². The number of hydrogen-bond donors (Lipinski definition) is 0. The van der Waals surface area contributed by atoms with E-state index >= 15 is 0 Å². The van der Waals surface area contributed by atoms with Crippen molar-refractivity contribution in [2.75, 3.05) is 34.9 Å². The average Bonchev–Trinajstić information content (AvgIpc) is 2.78. The van der Waals surface area contributed by atoms with E-state index in [2.05, 4.69) is 0 Å². The van der Waals surface area contributed by atoms with Crippen LogP contribution < -0.4 is 14.2 Å². The number of hydrogen-bond acceptors (Lipinski definition) is 6. The number of carbonyl (C=O) groups excluding carboxylic acids is 1. The predicted molar refractivity (Wildman–Crippen MR) is 121 cm³/mol. The number of allylic oxidation sites excluding steroid dienone is 3. The van der Waals surface area contributed by atoms with E-state index in [4.69, 9.17) is 23.7 Å². The number of ether oxygens (including phenoxy) is 5. The number of rotatable bonds is 12. The molecule has 2 aromatic rings. The highest BCUT2D eigenvalue weighted by Gasteiger charge is 2.26. The second kappa shape index (κ2) is 12.7. The predicted octanol–water partition coefficient (Wildman–Crippen LogP) is 5.08. The molecule has 6 nitrogen and oxygen atoms in total. The fraction of sp³-hybridized carbons (Fsp3) is 0.320. The summed E-state index contributed by atoms with van der Waals surface area (Å²) in [5.41, 5.74) is 2.12. The van der Waals surface area contributed by atoms with Gasteiger partial charge >= 0.3 is 0 Å². The Bertz CT molecular complexity index is 1030. The fourth-order valence-electron chi connectivity index (χ4n) is 3.18. The Hall–Kier alpha value is -3.23. The van der Waals surface area contributed by atoms with E-state index in [-0.39, 0.29) is 36.2 Å². The molecule has 178 valence electrons. The van der Waals surface area contributed by atoms with Crippen LogP contribution in [0.3, 0.4) is 0 Å². The molecule has 0 bridgehead atoms. The molecule has 33 heavy (non-hydrogen) atoms. The SMILES string of the molecule is COCOc1cc(OC)c(/C(=C/C=O)c2ccc(F)cc2F)c(OCOC)c1CC=C(C)C. The van der Waals surface area contributed by atoms with E-state index in [0.717, 1.165) is 17.7 Å². The minimum absolute atomic E-state index is 0.00258. The van der Waals surface area contributed by atoms with Crippen molar-refractivity contribution in [2.24, 2.45) is 0 Å². The summed E-state index contributed by atoms with van der Waals surface area (Å²) in [6.45, 7) is 3.73. The van der Waals surface area contributed by atoms with Crippen molar-refractivity contribution in [1.29, 1.82) is 0 Å². The summed E-state index contributed by atoms with van der Waals surface area (Å²) in [5.74, 6) is -0.627. The molecule has 0 heterocycles. The first-order valence-corrected chi connectivity index (χ1v) is 10.1. The van der Waals surface area contributed by atoms with Crippen molar-refractivity contribution >= 4 is 11.9 Å². The molecule has 0 spiro atoms. The van der Waals surface area contributed by atoms with Crippen LogP contribution in [0.2, 0.25) is 0 Å². The molecule has 2 rings (SSSR count). The monoisotopic (exact) mass is 462 g/mol. The normalized spacial score (nSPS) is 11.2. The Labute approximate surface area is 192 Å². The molecule has 0 unspecified atom stereocenters. The maximum absolute atomic E-state index is 14.8. The molecule has 8 heteroatoms. The number of carbonyl (C=O) groups is 1. The second-order valence-corrected chi connectivity index (χ2v) is 7.19. The van der Waals surface area contributed by atoms with Crippen molar-refractivity contribution in [3.8, 4) is 17.2 Å². The Morgan fingerprint density at radius 3 is 2.24 bits per heavy atom. The van der Waals surface area contributed by atoms with Gasteiger partial charge in [0.25, 0.3) is 0 Å². The molecule has 0 atom stereocenters. The highest BCUT2D eigenvalue weighted by Crippen LogP contribution is 2.46. The summed E-state index contributed by atoms with van der Waals surface area (Å²) in [7, 11) is 4.38. The zero-order valence-corrected chi connectivity index (χ0v) is 19.4. The van der Waals surface area contributed by atoms with Crippen LogP contribution in [0.1, 0.15) is 30.5 Å². The summed E-state index contributed by atoms with van der Waals surface area (Å²) in [6, 6.07) is 4.72. The summed E-state index contributed by atoms with van der Waals surface area (Å²) in [5, 5.41) is 0. The van der Waals surface area contributed by atoms with Crippen LogP contribution in [0, 0.1) is 11.6 Å². The Morgan fingerprint density at radius 2 is 1.67 bits per heavy atom. The summed E-state index contributed by atoms with van der Waals surface area (Å²) in [4.78, 5) is 11.5. The zero-order valence-electron chi connectivity index (χ0n) is 19.4. The van der Waals surface area contributed by atoms with E-state index in [9.17, 15) is 13.6 Å². The van der Waals surface area contributed by atoms with Crippen LogP contribution in [0.25, 0.3) is 5.57 Å². The third kappa shape index (κ3) is 6.63. The Kier molecular flexibility index (Phi) is 10.0. The van der Waals surface area contributed by atoms with Crippen molar-refractivity contribution in [2.45, 2.75) is 20.3 Å². The lowest BCUT2D eigenvalue weighted by molar-refractivity contribution is -0.104. The van der Waals surface area contributed by atoms with E-state index in [1.54, 1.807) is 6.07 Å². The summed E-state index contributed by atoms with van der Waals surface area (Å²) < 4.78 is 55.7. The highest BCUT2D eigenvalue weighted by molar-refractivity contribution is 5.94. The third-order valence-corrected chi connectivity index (χ3v) is 4.62. The van der Waals surface area contributed by atoms with Gasteiger partial charge in [-0.1, -0.05) is 11.6 Å². The van der Waals surface area contributed by atoms with Crippen LogP contribution in [0.5, 0.6) is 17.2 Å². The van der Waals surface area contributed by atoms with Crippen LogP contribution in [0.4, 0.5) is 8.78 Å². The molecule has 0 saturated carbocycles. The molecule has 0 N–H and O–H groups in total. The van der Waals surface area contributed by atoms with Crippen molar-refractivity contribution in [1.82, 2.24) is 0 Å². The Balaban J connectivity index is 2.91. The molecule has 2 aromatic carbocycles. The topological polar surface area (TPSA) is 63.2 Å². The van der Waals surface area contributed by atoms with E-state index < -0.39 is 11.6 Å². The van der Waals surface area contributed by atoms with E-state index in [0.29, 0.717) is 29.6 Å². The first kappa shape index (κ1) is 26.0. The Morgan fingerprint density at radius 1 is 0.970 bits per heavy atom. The van der Waals surface area contributed by atoms with Gasteiger partial charge in [-0.25, -0.2) is 8.78 Å². The molecule has 0 saturated heterocycles. The van der Waals surface area contributed by atoms with E-state index in [1.807, 2.05) is 19.9 Å². The van der Waals surface area contributed by atoms with Crippen LogP contribution in [-0.2, 0) is 20.7 Å². The zero-order chi connectivity index (χ0) is 24.4. The summed E-state index contributed by atoms with van der Waals surface area (Å²) in [6.07, 6.45) is 4.06. The largest absolute Gasteiger partial charge is 0.496 e. The maximum atomic E-state index is 14.8. The first-order valence-electron chi connectivity index (χ1n) is 10.1. The lowest BCUT2D eigenvalue weighted by Gasteiger charge is -2.23. The van der Waals surface area contributed by atoms with Crippen molar-refractivity contribution in [3.05, 3.63) is 70.3 Å². The van der Waals surface area contributed by atoms with Crippen LogP contribution in [-0.4, -0.2) is 41.2 Å². The minimum Gasteiger partial charge on any atom is -0.496 e. The molecule has 0 radical (unpaired) electrons. The first-order chi connectivity index (χ1) is 15.9. The highest BCUT2D eigenvalue weighted by atomic mass is 19.1. The quantitative estimate of drug-likeness (QED) is 0.190. The molecular formula is C25H28F2O6. The molecule has 0 aliphatic carbocycles. The van der Waals surface area contributed by atoms with Gasteiger partial charge in [-0.05, 0) is 38.5 Å². The minimum atomic E-state index is -0.839. The van der Waals surface area contributed by atoms with Crippen molar-refractivity contribution in [3.63, 3.8) is 0 Å². The van der Waals surface area contributed by atoms with Crippen LogP contribution in [0.15, 0.2) is 42.0 Å². The number of benzene rings is 2. The number of halogens is 2. The van der Waals surface area contributed by atoms with Gasteiger partial charge in [0.15, 0.2) is 13.6 Å². The summed E-state index contributed by atoms with van der Waals surface area (Å²) >= 11 is 0. The van der Waals surface area contributed by atoms with Crippen molar-refractivity contribution < 1.29 is 37.3 Å². The van der Waals surface area contributed by atoms with Gasteiger partial charge < -0.3 is 23.7 Å². The molecular weight excluding hydrogens is 434 g/mol. The lowest BCUT2D eigenvalue weighted by Crippen LogP contribution is -2.10. The van der Waals surface area contributed by atoms with Gasteiger partial charge in [-0.3, -0.25) is 4.79 Å². The van der Waals surface area contributed by atoms with Gasteiger partial charge in [0.2, 0.25) is 0 Å². The molecule has 0 aliphatic rings. The second-order valence-electron chi connectivity index (χ2n) is 7.19. The van der Waals surface area contributed by atoms with Gasteiger partial charge in [0, 0.05) is 43.1 Å². The van der Waals surface area contributed by atoms with E-state index in [1.165, 1.54) is 33.5 Å². The fourth-order valence-corrected chi connectivity index (χ4v) is 3.18. The molecule has 0 fully saturated rings. The molecule has 0 amide bonds. The molecule has 0 aromatic heterocycles. The maximum Gasteiger partial charge on any atom is 0.188 e. The lowest BCUT2D eigenvalue weighted by atomic mass is 9.92. The van der Waals surface area contributed by atoms with Gasteiger partial charge in [-0.15, -0.1) is 0 Å². The van der Waals surface area contributed by atoms with Gasteiger partial charge in [0.05, 0.1) is 12.7 Å². The standard InChI is InChI=1S/C25H28F2O6/c1-16(2)6-8-20-22(32-14-29-3)13-23(31-5)24(25(20)33-15-30-4)19(10-11-28)18-9-7-17(26)12-21(18)27/h6-7,9-13H,8,14-15H2,1-5H3/b19-10+.